The molecule has 3 rings (SSSR count). The van der Waals surface area contributed by atoms with E-state index < -0.39 is 0 Å². The minimum absolute atomic E-state index is 0.295. The van der Waals surface area contributed by atoms with Crippen LogP contribution in [0.15, 0.2) is 30.5 Å². The SMILES string of the molecule is Fc1cnc2cccc(N[C@@H]3CCNC3)c2c1. The Balaban J connectivity index is 1.99. The van der Waals surface area contributed by atoms with Gasteiger partial charge < -0.3 is 10.6 Å². The first-order valence-corrected chi connectivity index (χ1v) is 5.84. The van der Waals surface area contributed by atoms with Crippen LogP contribution < -0.4 is 10.6 Å². The summed E-state index contributed by atoms with van der Waals surface area (Å²) >= 11 is 0. The number of fused-ring (bicyclic) bond motifs is 1. The third kappa shape index (κ3) is 2.08. The Morgan fingerprint density at radius 1 is 1.41 bits per heavy atom. The number of anilines is 1. The standard InChI is InChI=1S/C13H14FN3/c14-9-6-11-12(16-7-9)2-1-3-13(11)17-10-4-5-15-8-10/h1-3,6-7,10,15,17H,4-5,8H2/t10-/m1/s1. The van der Waals surface area contributed by atoms with E-state index in [1.54, 1.807) is 0 Å². The molecule has 0 unspecified atom stereocenters. The van der Waals surface area contributed by atoms with Crippen LogP contribution >= 0.6 is 0 Å². The first kappa shape index (κ1) is 10.5. The smallest absolute Gasteiger partial charge is 0.142 e. The van der Waals surface area contributed by atoms with Crippen LogP contribution in [0.3, 0.4) is 0 Å². The van der Waals surface area contributed by atoms with E-state index in [0.29, 0.717) is 6.04 Å². The normalized spacial score (nSPS) is 19.7. The van der Waals surface area contributed by atoms with Gasteiger partial charge in [0.15, 0.2) is 0 Å². The van der Waals surface area contributed by atoms with E-state index in [4.69, 9.17) is 0 Å². The molecule has 1 saturated heterocycles. The highest BCUT2D eigenvalue weighted by atomic mass is 19.1. The van der Waals surface area contributed by atoms with Crippen LogP contribution in [0.4, 0.5) is 10.1 Å². The fraction of sp³-hybridized carbons (Fsp3) is 0.308. The number of nitrogens with one attached hydrogen (secondary N) is 2. The molecule has 1 fully saturated rings. The van der Waals surface area contributed by atoms with E-state index in [-0.39, 0.29) is 5.82 Å². The molecule has 2 N–H and O–H groups in total. The second-order valence-electron chi connectivity index (χ2n) is 4.36. The fourth-order valence-corrected chi connectivity index (χ4v) is 2.25. The molecule has 0 aliphatic carbocycles. The highest BCUT2D eigenvalue weighted by Crippen LogP contribution is 2.23. The van der Waals surface area contributed by atoms with E-state index in [0.717, 1.165) is 36.1 Å². The van der Waals surface area contributed by atoms with Gasteiger partial charge in [-0.2, -0.15) is 0 Å². The van der Waals surface area contributed by atoms with Crippen LogP contribution in [0, 0.1) is 5.82 Å². The van der Waals surface area contributed by atoms with Gasteiger partial charge in [-0.05, 0) is 31.2 Å². The van der Waals surface area contributed by atoms with Gasteiger partial charge in [0.1, 0.15) is 5.82 Å². The third-order valence-corrected chi connectivity index (χ3v) is 3.11. The Kier molecular flexibility index (Phi) is 2.65. The molecule has 0 radical (unpaired) electrons. The van der Waals surface area contributed by atoms with Crippen molar-refractivity contribution < 1.29 is 4.39 Å². The number of hydrogen-bond acceptors (Lipinski definition) is 3. The Labute approximate surface area is 99.1 Å². The van der Waals surface area contributed by atoms with E-state index in [2.05, 4.69) is 15.6 Å². The molecule has 2 aromatic rings. The first-order valence-electron chi connectivity index (χ1n) is 5.84. The van der Waals surface area contributed by atoms with Crippen LogP contribution in [0.25, 0.3) is 10.9 Å². The molecule has 1 atom stereocenters. The summed E-state index contributed by atoms with van der Waals surface area (Å²) in [5, 5.41) is 7.59. The molecule has 1 aromatic carbocycles. The lowest BCUT2D eigenvalue weighted by Gasteiger charge is -2.14. The molecule has 0 bridgehead atoms. The zero-order valence-corrected chi connectivity index (χ0v) is 9.41. The maximum atomic E-state index is 13.2. The Hall–Kier alpha value is -1.68. The van der Waals surface area contributed by atoms with Crippen LogP contribution in [-0.2, 0) is 0 Å². The van der Waals surface area contributed by atoms with Crippen molar-refractivity contribution in [2.24, 2.45) is 0 Å². The summed E-state index contributed by atoms with van der Waals surface area (Å²) in [4.78, 5) is 4.09. The Morgan fingerprint density at radius 2 is 2.35 bits per heavy atom. The van der Waals surface area contributed by atoms with Crippen molar-refractivity contribution in [2.45, 2.75) is 12.5 Å². The molecular formula is C13H14FN3. The number of rotatable bonds is 2. The molecule has 4 heteroatoms. The predicted octanol–water partition coefficient (Wildman–Crippen LogP) is 2.15. The van der Waals surface area contributed by atoms with Gasteiger partial charge in [0.25, 0.3) is 0 Å². The van der Waals surface area contributed by atoms with Gasteiger partial charge >= 0.3 is 0 Å². The average molecular weight is 231 g/mol. The second kappa shape index (κ2) is 4.30. The molecular weight excluding hydrogens is 217 g/mol. The van der Waals surface area contributed by atoms with Crippen LogP contribution in [0.1, 0.15) is 6.42 Å². The van der Waals surface area contributed by atoms with E-state index in [1.807, 2.05) is 18.2 Å². The van der Waals surface area contributed by atoms with Gasteiger partial charge in [-0.1, -0.05) is 6.07 Å². The minimum atomic E-state index is -0.295. The van der Waals surface area contributed by atoms with E-state index in [9.17, 15) is 4.39 Å². The van der Waals surface area contributed by atoms with Gasteiger partial charge in [-0.3, -0.25) is 4.98 Å². The van der Waals surface area contributed by atoms with Crippen molar-refractivity contribution in [3.63, 3.8) is 0 Å². The molecule has 0 saturated carbocycles. The summed E-state index contributed by atoms with van der Waals surface area (Å²) in [5.41, 5.74) is 1.78. The highest BCUT2D eigenvalue weighted by molar-refractivity contribution is 5.91. The summed E-state index contributed by atoms with van der Waals surface area (Å²) in [7, 11) is 0. The van der Waals surface area contributed by atoms with Crippen LogP contribution in [-0.4, -0.2) is 24.1 Å². The lowest BCUT2D eigenvalue weighted by molar-refractivity contribution is 0.624. The number of benzene rings is 1. The molecule has 2 heterocycles. The molecule has 3 nitrogen and oxygen atoms in total. The van der Waals surface area contributed by atoms with Crippen molar-refractivity contribution in [1.82, 2.24) is 10.3 Å². The van der Waals surface area contributed by atoms with Gasteiger partial charge in [0.2, 0.25) is 0 Å². The molecule has 0 amide bonds. The maximum absolute atomic E-state index is 13.2. The molecule has 88 valence electrons. The van der Waals surface area contributed by atoms with Crippen molar-refractivity contribution in [3.05, 3.63) is 36.3 Å². The lowest BCUT2D eigenvalue weighted by Crippen LogP contribution is -2.22. The molecule has 17 heavy (non-hydrogen) atoms. The predicted molar refractivity (Wildman–Crippen MR) is 66.6 cm³/mol. The van der Waals surface area contributed by atoms with Crippen molar-refractivity contribution in [3.8, 4) is 0 Å². The summed E-state index contributed by atoms with van der Waals surface area (Å²) < 4.78 is 13.2. The second-order valence-corrected chi connectivity index (χ2v) is 4.36. The maximum Gasteiger partial charge on any atom is 0.142 e. The van der Waals surface area contributed by atoms with Gasteiger partial charge in [-0.25, -0.2) is 4.39 Å². The van der Waals surface area contributed by atoms with Crippen molar-refractivity contribution in [2.75, 3.05) is 18.4 Å². The van der Waals surface area contributed by atoms with Crippen LogP contribution in [0.5, 0.6) is 0 Å². The van der Waals surface area contributed by atoms with Gasteiger partial charge in [-0.15, -0.1) is 0 Å². The number of hydrogen-bond donors (Lipinski definition) is 2. The third-order valence-electron chi connectivity index (χ3n) is 3.11. The summed E-state index contributed by atoms with van der Waals surface area (Å²) in [6, 6.07) is 7.77. The van der Waals surface area contributed by atoms with Crippen molar-refractivity contribution >= 4 is 16.6 Å². The quantitative estimate of drug-likeness (QED) is 0.831. The van der Waals surface area contributed by atoms with Crippen molar-refractivity contribution in [1.29, 1.82) is 0 Å². The monoisotopic (exact) mass is 231 g/mol. The summed E-state index contributed by atoms with van der Waals surface area (Å²) in [6.07, 6.45) is 2.35. The summed E-state index contributed by atoms with van der Waals surface area (Å²) in [6.45, 7) is 1.99. The minimum Gasteiger partial charge on any atom is -0.380 e. The largest absolute Gasteiger partial charge is 0.380 e. The average Bonchev–Trinajstić information content (AvgIpc) is 2.83. The van der Waals surface area contributed by atoms with Gasteiger partial charge in [0, 0.05) is 23.7 Å². The van der Waals surface area contributed by atoms with E-state index >= 15 is 0 Å². The zero-order chi connectivity index (χ0) is 11.7. The van der Waals surface area contributed by atoms with E-state index in [1.165, 1.54) is 12.3 Å². The highest BCUT2D eigenvalue weighted by Gasteiger charge is 2.15. The molecule has 1 aliphatic rings. The molecule has 1 aliphatic heterocycles. The molecule has 0 spiro atoms. The zero-order valence-electron chi connectivity index (χ0n) is 9.41. The summed E-state index contributed by atoms with van der Waals surface area (Å²) in [5.74, 6) is -0.295. The number of nitrogens with zero attached hydrogens (tertiary/aromatic N) is 1. The number of halogens is 1. The molecule has 1 aromatic heterocycles. The fourth-order valence-electron chi connectivity index (χ4n) is 2.25. The van der Waals surface area contributed by atoms with Gasteiger partial charge in [0.05, 0.1) is 11.7 Å². The Morgan fingerprint density at radius 3 is 3.18 bits per heavy atom. The lowest BCUT2D eigenvalue weighted by atomic mass is 10.1. The number of pyridine rings is 1. The number of aromatic nitrogens is 1. The van der Waals surface area contributed by atoms with Crippen LogP contribution in [0.2, 0.25) is 0 Å². The first-order chi connectivity index (χ1) is 8.33. The topological polar surface area (TPSA) is 37.0 Å². The Bertz CT molecular complexity index is 535.